The van der Waals surface area contributed by atoms with Gasteiger partial charge in [-0.05, 0) is 50.7 Å². The molecule has 0 spiro atoms. The molecule has 3 heterocycles. The highest BCUT2D eigenvalue weighted by atomic mass is 19.3. The zero-order chi connectivity index (χ0) is 29.1. The quantitative estimate of drug-likeness (QED) is 0.277. The maximum absolute atomic E-state index is 13.8. The summed E-state index contributed by atoms with van der Waals surface area (Å²) in [6.45, 7) is 8.32. The number of rotatable bonds is 8. The molecule has 214 valence electrons. The third-order valence-electron chi connectivity index (χ3n) is 6.87. The van der Waals surface area contributed by atoms with Crippen LogP contribution >= 0.6 is 0 Å². The maximum atomic E-state index is 13.8. The lowest BCUT2D eigenvalue weighted by molar-refractivity contribution is 0.0175. The van der Waals surface area contributed by atoms with Crippen molar-refractivity contribution in [1.82, 2.24) is 29.7 Å². The van der Waals surface area contributed by atoms with Gasteiger partial charge in [-0.2, -0.15) is 9.78 Å². The molecule has 12 heteroatoms. The molecule has 0 bridgehead atoms. The number of likely N-dealkylation sites (N-methyl/N-ethyl adjacent to an activating group) is 1. The number of benzene rings is 2. The molecule has 0 radical (unpaired) electrons. The van der Waals surface area contributed by atoms with E-state index in [1.165, 1.54) is 24.5 Å². The van der Waals surface area contributed by atoms with Crippen LogP contribution in [0.25, 0.3) is 5.82 Å². The summed E-state index contributed by atoms with van der Waals surface area (Å²) >= 11 is 0. The van der Waals surface area contributed by atoms with E-state index in [4.69, 9.17) is 0 Å². The Morgan fingerprint density at radius 2 is 1.76 bits per heavy atom. The molecule has 1 aliphatic rings. The van der Waals surface area contributed by atoms with Crippen LogP contribution in [-0.2, 0) is 5.92 Å². The summed E-state index contributed by atoms with van der Waals surface area (Å²) in [7, 11) is 2.10. The predicted molar refractivity (Wildman–Crippen MR) is 155 cm³/mol. The second kappa shape index (κ2) is 11.6. The van der Waals surface area contributed by atoms with E-state index in [-0.39, 0.29) is 5.56 Å². The number of hydrazine groups is 1. The van der Waals surface area contributed by atoms with Crippen molar-refractivity contribution in [3.8, 4) is 5.82 Å². The van der Waals surface area contributed by atoms with Crippen molar-refractivity contribution in [3.63, 3.8) is 0 Å². The second-order valence-corrected chi connectivity index (χ2v) is 10.3. The molecule has 1 aliphatic heterocycles. The van der Waals surface area contributed by atoms with Gasteiger partial charge in [0.2, 0.25) is 0 Å². The lowest BCUT2D eigenvalue weighted by atomic mass is 10.1. The molecular weight excluding hydrogens is 528 g/mol. The van der Waals surface area contributed by atoms with E-state index in [0.717, 1.165) is 44.4 Å². The minimum Gasteiger partial charge on any atom is -0.340 e. The normalized spacial score (nSPS) is 14.6. The Balaban J connectivity index is 1.35. The summed E-state index contributed by atoms with van der Waals surface area (Å²) in [4.78, 5) is 24.1. The highest BCUT2D eigenvalue weighted by Gasteiger charge is 2.24. The first-order valence-electron chi connectivity index (χ1n) is 13.3. The van der Waals surface area contributed by atoms with E-state index in [1.54, 1.807) is 22.9 Å². The number of piperazine rings is 1. The van der Waals surface area contributed by atoms with Gasteiger partial charge in [-0.1, -0.05) is 18.2 Å². The van der Waals surface area contributed by atoms with E-state index in [0.29, 0.717) is 34.4 Å². The van der Waals surface area contributed by atoms with Gasteiger partial charge in [-0.15, -0.1) is 0 Å². The van der Waals surface area contributed by atoms with E-state index < -0.39 is 11.8 Å². The number of halogens is 2. The van der Waals surface area contributed by atoms with Gasteiger partial charge in [0.15, 0.2) is 5.82 Å². The first-order valence-corrected chi connectivity index (χ1v) is 13.3. The summed E-state index contributed by atoms with van der Waals surface area (Å²) in [5.41, 5.74) is 6.22. The van der Waals surface area contributed by atoms with Crippen LogP contribution in [-0.4, -0.2) is 68.8 Å². The Bertz CT molecular complexity index is 1540. The highest BCUT2D eigenvalue weighted by molar-refractivity contribution is 6.05. The lowest BCUT2D eigenvalue weighted by Crippen LogP contribution is -2.47. The fourth-order valence-corrected chi connectivity index (χ4v) is 4.48. The molecule has 2 aromatic heterocycles. The summed E-state index contributed by atoms with van der Waals surface area (Å²) in [6.07, 6.45) is 1.49. The van der Waals surface area contributed by atoms with Gasteiger partial charge in [-0.25, -0.2) is 23.8 Å². The molecule has 1 saturated heterocycles. The number of aryl methyl sites for hydroxylation is 2. The molecule has 41 heavy (non-hydrogen) atoms. The minimum atomic E-state index is -3.01. The molecule has 0 aliphatic carbocycles. The van der Waals surface area contributed by atoms with Crippen molar-refractivity contribution in [3.05, 3.63) is 83.3 Å². The van der Waals surface area contributed by atoms with Gasteiger partial charge in [0.1, 0.15) is 18.0 Å². The Morgan fingerprint density at radius 1 is 0.976 bits per heavy atom. The molecule has 4 aromatic rings. The van der Waals surface area contributed by atoms with Gasteiger partial charge < -0.3 is 21.0 Å². The molecule has 1 amide bonds. The third-order valence-corrected chi connectivity index (χ3v) is 6.87. The monoisotopic (exact) mass is 561 g/mol. The van der Waals surface area contributed by atoms with E-state index >= 15 is 0 Å². The average Bonchev–Trinajstić information content (AvgIpc) is 3.31. The molecule has 2 aromatic carbocycles. The molecule has 0 atom stereocenters. The van der Waals surface area contributed by atoms with Crippen LogP contribution in [0.3, 0.4) is 0 Å². The summed E-state index contributed by atoms with van der Waals surface area (Å²) in [5.74, 6) is -1.52. The van der Waals surface area contributed by atoms with E-state index in [9.17, 15) is 13.6 Å². The molecule has 0 saturated carbocycles. The second-order valence-electron chi connectivity index (χ2n) is 10.3. The minimum absolute atomic E-state index is 0.170. The number of hydrogen-bond acceptors (Lipinski definition) is 8. The summed E-state index contributed by atoms with van der Waals surface area (Å²) in [6, 6.07) is 14.6. The predicted octanol–water partition coefficient (Wildman–Crippen LogP) is 4.96. The van der Waals surface area contributed by atoms with Crippen molar-refractivity contribution in [2.24, 2.45) is 0 Å². The van der Waals surface area contributed by atoms with Crippen molar-refractivity contribution >= 4 is 28.9 Å². The smallest absolute Gasteiger partial charge is 0.270 e. The molecule has 5 rings (SSSR count). The topological polar surface area (TPSA) is 103 Å². The number of carbonyl (C=O) groups excluding carboxylic acids is 1. The fourth-order valence-electron chi connectivity index (χ4n) is 4.48. The number of carbonyl (C=O) groups is 1. The Kier molecular flexibility index (Phi) is 7.95. The van der Waals surface area contributed by atoms with Crippen LogP contribution in [0.4, 0.5) is 31.8 Å². The van der Waals surface area contributed by atoms with Gasteiger partial charge in [-0.3, -0.25) is 4.79 Å². The number of hydrogen-bond donors (Lipinski definition) is 3. The van der Waals surface area contributed by atoms with Crippen molar-refractivity contribution in [2.45, 2.75) is 26.7 Å². The zero-order valence-electron chi connectivity index (χ0n) is 23.4. The number of amides is 1. The van der Waals surface area contributed by atoms with E-state index in [1.807, 2.05) is 32.0 Å². The van der Waals surface area contributed by atoms with Crippen LogP contribution in [0.15, 0.2) is 60.9 Å². The lowest BCUT2D eigenvalue weighted by Gasteiger charge is -2.32. The SMILES string of the molecule is Cc1cc(Nc2cc(C(=O)Nc3cccc(C(C)(F)F)c3)ccc2C)n(-c2cc(NN3CCN(C)CC3)ncn2)n1. The highest BCUT2D eigenvalue weighted by Crippen LogP contribution is 2.29. The van der Waals surface area contributed by atoms with Crippen LogP contribution < -0.4 is 16.1 Å². The van der Waals surface area contributed by atoms with E-state index in [2.05, 4.69) is 48.1 Å². The number of aromatic nitrogens is 4. The van der Waals surface area contributed by atoms with Crippen molar-refractivity contribution in [2.75, 3.05) is 49.3 Å². The first-order chi connectivity index (χ1) is 19.5. The largest absolute Gasteiger partial charge is 0.340 e. The van der Waals surface area contributed by atoms with Crippen LogP contribution in [0.5, 0.6) is 0 Å². The van der Waals surface area contributed by atoms with Gasteiger partial charge >= 0.3 is 0 Å². The number of alkyl halides is 2. The fraction of sp³-hybridized carbons (Fsp3) is 0.310. The molecule has 3 N–H and O–H groups in total. The number of anilines is 4. The number of nitrogens with one attached hydrogen (secondary N) is 3. The summed E-state index contributed by atoms with van der Waals surface area (Å²) < 4.78 is 29.2. The summed E-state index contributed by atoms with van der Waals surface area (Å²) in [5, 5.41) is 12.8. The van der Waals surface area contributed by atoms with Gasteiger partial charge in [0, 0.05) is 67.7 Å². The third kappa shape index (κ3) is 6.84. The van der Waals surface area contributed by atoms with Gasteiger partial charge in [0.05, 0.1) is 5.69 Å². The van der Waals surface area contributed by atoms with Crippen LogP contribution in [0.2, 0.25) is 0 Å². The molecule has 0 unspecified atom stereocenters. The Morgan fingerprint density at radius 3 is 2.51 bits per heavy atom. The van der Waals surface area contributed by atoms with Crippen LogP contribution in [0, 0.1) is 13.8 Å². The molecule has 1 fully saturated rings. The average molecular weight is 562 g/mol. The molecular formula is C29H33F2N9O. The van der Waals surface area contributed by atoms with Crippen LogP contribution in [0.1, 0.15) is 34.1 Å². The maximum Gasteiger partial charge on any atom is 0.270 e. The molecule has 10 nitrogen and oxygen atoms in total. The van der Waals surface area contributed by atoms with Gasteiger partial charge in [0.25, 0.3) is 11.8 Å². The Hall–Kier alpha value is -4.42. The van der Waals surface area contributed by atoms with Crippen molar-refractivity contribution < 1.29 is 13.6 Å². The standard InChI is InChI=1S/C29H33F2N9O/c1-19-8-9-21(28(41)34-23-7-5-6-22(16-23)29(3,30)31)15-24(19)35-27-14-20(2)36-40(27)26-17-25(32-18-33-26)37-39-12-10-38(4)11-13-39/h5-9,14-18,35H,10-13H2,1-4H3,(H,34,41)(H,32,33,37). The zero-order valence-corrected chi connectivity index (χ0v) is 23.4. The van der Waals surface area contributed by atoms with Crippen molar-refractivity contribution in [1.29, 1.82) is 0 Å². The Labute approximate surface area is 237 Å². The first kappa shape index (κ1) is 28.1. The number of nitrogens with zero attached hydrogens (tertiary/aromatic N) is 6.